The molecule has 1 heterocycles. The largest absolute Gasteiger partial charge is 0.221 e. The molecule has 0 aromatic rings. The maximum Gasteiger partial charge on any atom is 0.163 e. The second-order valence-electron chi connectivity index (χ2n) is 0.779. The van der Waals surface area contributed by atoms with E-state index in [0.717, 1.165) is 6.34 Å². The zero-order chi connectivity index (χ0) is 4.41. The van der Waals surface area contributed by atoms with Crippen LogP contribution in [0.2, 0.25) is 0 Å². The van der Waals surface area contributed by atoms with Crippen LogP contribution >= 0.6 is 0 Å². The molecule has 0 fully saturated rings. The molecule has 2 N–H and O–H groups in total. The Balaban J connectivity index is 2.38. The molecule has 1 aliphatic rings. The van der Waals surface area contributed by atoms with Crippen LogP contribution in [0.5, 0.6) is 0 Å². The Morgan fingerprint density at radius 3 is 2.83 bits per heavy atom. The molecular formula is CH3FN4. The van der Waals surface area contributed by atoms with Crippen molar-refractivity contribution in [1.29, 1.82) is 0 Å². The number of halogens is 1. The molecule has 0 saturated carbocycles. The van der Waals surface area contributed by atoms with Gasteiger partial charge in [0.1, 0.15) is 0 Å². The number of hydrazine groups is 2. The van der Waals surface area contributed by atoms with Crippen LogP contribution in [0.1, 0.15) is 0 Å². The first kappa shape index (κ1) is 3.35. The standard InChI is InChI=1S/CH3FN4/c2-6-1-3-4-5-6/h1,4-5H. The third-order valence-corrected chi connectivity index (χ3v) is 0.380. The first-order chi connectivity index (χ1) is 2.89. The number of hydrogen-bond donors (Lipinski definition) is 2. The van der Waals surface area contributed by atoms with Crippen molar-refractivity contribution < 1.29 is 4.48 Å². The molecule has 34 valence electrons. The molecule has 0 spiro atoms. The summed E-state index contributed by atoms with van der Waals surface area (Å²) >= 11 is 0. The molecule has 0 aromatic heterocycles. The van der Waals surface area contributed by atoms with Crippen LogP contribution < -0.4 is 11.1 Å². The van der Waals surface area contributed by atoms with E-state index in [0.29, 0.717) is 0 Å². The number of nitrogens with zero attached hydrogens (tertiary/aromatic N) is 2. The molecule has 0 bridgehead atoms. The summed E-state index contributed by atoms with van der Waals surface area (Å²) in [7, 11) is 0. The topological polar surface area (TPSA) is 39.7 Å². The highest BCUT2D eigenvalue weighted by molar-refractivity contribution is 5.52. The SMILES string of the molecule is FN1C=NNN1. The van der Waals surface area contributed by atoms with Gasteiger partial charge in [-0.15, -0.1) is 15.9 Å². The molecule has 1 aliphatic heterocycles. The minimum absolute atomic E-state index is 0.208. The van der Waals surface area contributed by atoms with E-state index in [4.69, 9.17) is 0 Å². The van der Waals surface area contributed by atoms with Gasteiger partial charge in [0.25, 0.3) is 0 Å². The zero-order valence-electron chi connectivity index (χ0n) is 2.85. The first-order valence-electron chi connectivity index (χ1n) is 1.38. The van der Waals surface area contributed by atoms with Crippen LogP contribution in [0.15, 0.2) is 5.10 Å². The van der Waals surface area contributed by atoms with Crippen LogP contribution in [-0.4, -0.2) is 11.6 Å². The van der Waals surface area contributed by atoms with Crippen molar-refractivity contribution in [2.75, 3.05) is 0 Å². The second kappa shape index (κ2) is 1.09. The molecule has 4 nitrogen and oxygen atoms in total. The van der Waals surface area contributed by atoms with Crippen molar-refractivity contribution in [3.63, 3.8) is 0 Å². The van der Waals surface area contributed by atoms with Crippen molar-refractivity contribution in [2.45, 2.75) is 0 Å². The van der Waals surface area contributed by atoms with Crippen molar-refractivity contribution in [3.8, 4) is 0 Å². The Labute approximate surface area is 33.5 Å². The third-order valence-electron chi connectivity index (χ3n) is 0.380. The summed E-state index contributed by atoms with van der Waals surface area (Å²) in [5.74, 6) is 0. The van der Waals surface area contributed by atoms with E-state index in [1.54, 1.807) is 0 Å². The highest BCUT2D eigenvalue weighted by Gasteiger charge is 1.95. The van der Waals surface area contributed by atoms with Crippen molar-refractivity contribution in [3.05, 3.63) is 0 Å². The fourth-order valence-electron chi connectivity index (χ4n) is 0.185. The van der Waals surface area contributed by atoms with E-state index in [9.17, 15) is 4.48 Å². The number of hydrazone groups is 1. The van der Waals surface area contributed by atoms with Crippen LogP contribution in [0.25, 0.3) is 0 Å². The summed E-state index contributed by atoms with van der Waals surface area (Å²) < 4.78 is 11.4. The minimum atomic E-state index is 0.208. The lowest BCUT2D eigenvalue weighted by Crippen LogP contribution is -2.30. The molecular weight excluding hydrogens is 87.0 g/mol. The number of hydrogen-bond acceptors (Lipinski definition) is 4. The van der Waals surface area contributed by atoms with E-state index < -0.39 is 0 Å². The second-order valence-corrected chi connectivity index (χ2v) is 0.779. The summed E-state index contributed by atoms with van der Waals surface area (Å²) in [6.45, 7) is 0. The predicted octanol–water partition coefficient (Wildman–Crippen LogP) is -0.861. The fourth-order valence-corrected chi connectivity index (χ4v) is 0.185. The molecule has 1 rings (SSSR count). The van der Waals surface area contributed by atoms with E-state index >= 15 is 0 Å². The molecule has 5 heteroatoms. The number of rotatable bonds is 0. The van der Waals surface area contributed by atoms with E-state index in [1.165, 1.54) is 0 Å². The summed E-state index contributed by atoms with van der Waals surface area (Å²) in [5, 5.41) is 3.44. The van der Waals surface area contributed by atoms with Gasteiger partial charge in [-0.1, -0.05) is 4.48 Å². The van der Waals surface area contributed by atoms with Gasteiger partial charge < -0.3 is 0 Å². The smallest absolute Gasteiger partial charge is 0.163 e. The molecule has 0 saturated heterocycles. The Morgan fingerprint density at radius 1 is 1.83 bits per heavy atom. The molecule has 0 atom stereocenters. The molecule has 0 aromatic carbocycles. The van der Waals surface area contributed by atoms with E-state index in [2.05, 4.69) is 10.6 Å². The summed E-state index contributed by atoms with van der Waals surface area (Å²) in [4.78, 5) is 0. The Hall–Kier alpha value is -0.840. The van der Waals surface area contributed by atoms with Gasteiger partial charge in [0, 0.05) is 0 Å². The Bertz CT molecular complexity index is 69.9. The van der Waals surface area contributed by atoms with Crippen LogP contribution in [-0.2, 0) is 0 Å². The lowest BCUT2D eigenvalue weighted by molar-refractivity contribution is 0.0607. The van der Waals surface area contributed by atoms with Gasteiger partial charge in [-0.2, -0.15) is 0 Å². The Kier molecular flexibility index (Phi) is 0.612. The van der Waals surface area contributed by atoms with Gasteiger partial charge in [0.15, 0.2) is 6.34 Å². The van der Waals surface area contributed by atoms with Gasteiger partial charge in [0.05, 0.1) is 0 Å². The summed E-state index contributed by atoms with van der Waals surface area (Å²) in [6, 6.07) is 0. The lowest BCUT2D eigenvalue weighted by Gasteiger charge is -1.94. The average Bonchev–Trinajstić information content (AvgIpc) is 1.86. The fraction of sp³-hybridized carbons (Fsp3) is 0. The molecule has 0 unspecified atom stereocenters. The Morgan fingerprint density at radius 2 is 2.67 bits per heavy atom. The monoisotopic (exact) mass is 90.0 g/mol. The first-order valence-corrected chi connectivity index (χ1v) is 1.38. The summed E-state index contributed by atoms with van der Waals surface area (Å²) in [6.07, 6.45) is 0.972. The van der Waals surface area contributed by atoms with Crippen LogP contribution in [0, 0.1) is 0 Å². The molecule has 0 aliphatic carbocycles. The van der Waals surface area contributed by atoms with Gasteiger partial charge >= 0.3 is 0 Å². The van der Waals surface area contributed by atoms with Crippen molar-refractivity contribution in [2.24, 2.45) is 5.10 Å². The van der Waals surface area contributed by atoms with Crippen molar-refractivity contribution >= 4 is 6.34 Å². The number of nitrogens with one attached hydrogen (secondary N) is 2. The maximum atomic E-state index is 11.4. The van der Waals surface area contributed by atoms with Gasteiger partial charge in [-0.25, -0.2) is 5.53 Å². The highest BCUT2D eigenvalue weighted by Crippen LogP contribution is 1.76. The quantitative estimate of drug-likeness (QED) is 0.380. The molecule has 0 radical (unpaired) electrons. The van der Waals surface area contributed by atoms with Gasteiger partial charge in [-0.05, 0) is 0 Å². The maximum absolute atomic E-state index is 11.4. The molecule has 0 amide bonds. The average molecular weight is 90.1 g/mol. The predicted molar refractivity (Wildman–Crippen MR) is 17.7 cm³/mol. The normalized spacial score (nSPS) is 18.5. The highest BCUT2D eigenvalue weighted by atomic mass is 19.2. The third kappa shape index (κ3) is 0.389. The van der Waals surface area contributed by atoms with Crippen molar-refractivity contribution in [1.82, 2.24) is 16.3 Å². The van der Waals surface area contributed by atoms with E-state index in [1.807, 2.05) is 5.53 Å². The van der Waals surface area contributed by atoms with Crippen LogP contribution in [0.4, 0.5) is 4.48 Å². The minimum Gasteiger partial charge on any atom is -0.221 e. The van der Waals surface area contributed by atoms with E-state index in [-0.39, 0.29) is 5.23 Å². The summed E-state index contributed by atoms with van der Waals surface area (Å²) in [5.41, 5.74) is 4.16. The lowest BCUT2D eigenvalue weighted by atomic mass is 11.4. The van der Waals surface area contributed by atoms with Gasteiger partial charge in [0.2, 0.25) is 0 Å². The zero-order valence-corrected chi connectivity index (χ0v) is 2.85. The molecule has 6 heavy (non-hydrogen) atoms. The van der Waals surface area contributed by atoms with Crippen LogP contribution in [0.3, 0.4) is 0 Å². The van der Waals surface area contributed by atoms with Gasteiger partial charge in [-0.3, -0.25) is 0 Å².